The summed E-state index contributed by atoms with van der Waals surface area (Å²) in [6.45, 7) is 4.40. The van der Waals surface area contributed by atoms with Crippen LogP contribution in [0, 0.1) is 6.92 Å². The van der Waals surface area contributed by atoms with E-state index in [2.05, 4.69) is 4.72 Å². The highest BCUT2D eigenvalue weighted by Crippen LogP contribution is 2.22. The van der Waals surface area contributed by atoms with Crippen LogP contribution in [0.25, 0.3) is 0 Å². The summed E-state index contributed by atoms with van der Waals surface area (Å²) in [5, 5.41) is 0. The lowest BCUT2D eigenvalue weighted by Crippen LogP contribution is -2.14. The number of hydrogen-bond donors (Lipinski definition) is 1. The first-order valence-corrected chi connectivity index (χ1v) is 8.32. The van der Waals surface area contributed by atoms with Gasteiger partial charge >= 0.3 is 0 Å². The van der Waals surface area contributed by atoms with E-state index >= 15 is 0 Å². The van der Waals surface area contributed by atoms with E-state index in [1.165, 1.54) is 0 Å². The molecule has 0 amide bonds. The zero-order chi connectivity index (χ0) is 15.3. The van der Waals surface area contributed by atoms with E-state index in [0.29, 0.717) is 23.6 Å². The summed E-state index contributed by atoms with van der Waals surface area (Å²) >= 11 is 0. The molecule has 2 aromatic rings. The Balaban J connectivity index is 2.23. The largest absolute Gasteiger partial charge is 0.494 e. The van der Waals surface area contributed by atoms with Gasteiger partial charge in [0.05, 0.1) is 17.2 Å². The van der Waals surface area contributed by atoms with Crippen molar-refractivity contribution in [1.29, 1.82) is 0 Å². The average Bonchev–Trinajstić information content (AvgIpc) is 2.45. The van der Waals surface area contributed by atoms with Crippen molar-refractivity contribution in [3.8, 4) is 5.75 Å². The fraction of sp³-hybridized carbons (Fsp3) is 0.250. The highest BCUT2D eigenvalue weighted by molar-refractivity contribution is 7.92. The quantitative estimate of drug-likeness (QED) is 0.887. The lowest BCUT2D eigenvalue weighted by molar-refractivity contribution is 0.317. The predicted octanol–water partition coefficient (Wildman–Crippen LogP) is 3.58. The van der Waals surface area contributed by atoms with E-state index in [1.54, 1.807) is 49.4 Å². The molecule has 0 aliphatic rings. The smallest absolute Gasteiger partial charge is 0.262 e. The molecule has 0 fully saturated rings. The second-order valence-corrected chi connectivity index (χ2v) is 6.40. The Kier molecular flexibility index (Phi) is 4.85. The summed E-state index contributed by atoms with van der Waals surface area (Å²) < 4.78 is 32.9. The standard InChI is InChI=1S/C16H19NO3S/c1-3-11-20-15-9-6-8-14(12-15)17-21(18,19)16-10-5-4-7-13(16)2/h4-10,12,17H,3,11H2,1-2H3. The second kappa shape index (κ2) is 6.63. The highest BCUT2D eigenvalue weighted by atomic mass is 32.2. The van der Waals surface area contributed by atoms with Crippen LogP contribution in [0.2, 0.25) is 0 Å². The summed E-state index contributed by atoms with van der Waals surface area (Å²) in [5.41, 5.74) is 1.20. The van der Waals surface area contributed by atoms with Gasteiger partial charge in [0.1, 0.15) is 5.75 Å². The number of nitrogens with one attached hydrogen (secondary N) is 1. The van der Waals surface area contributed by atoms with Gasteiger partial charge in [-0.2, -0.15) is 0 Å². The van der Waals surface area contributed by atoms with Gasteiger partial charge in [-0.15, -0.1) is 0 Å². The molecule has 21 heavy (non-hydrogen) atoms. The topological polar surface area (TPSA) is 55.4 Å². The van der Waals surface area contributed by atoms with Crippen molar-refractivity contribution in [3.05, 3.63) is 54.1 Å². The Morgan fingerprint density at radius 3 is 2.57 bits per heavy atom. The Morgan fingerprint density at radius 1 is 1.10 bits per heavy atom. The van der Waals surface area contributed by atoms with Crippen LogP contribution in [-0.2, 0) is 10.0 Å². The van der Waals surface area contributed by atoms with Gasteiger partial charge in [-0.3, -0.25) is 4.72 Å². The van der Waals surface area contributed by atoms with Crippen LogP contribution in [0.1, 0.15) is 18.9 Å². The fourth-order valence-electron chi connectivity index (χ4n) is 1.94. The maximum absolute atomic E-state index is 12.4. The molecule has 5 heteroatoms. The second-order valence-electron chi connectivity index (χ2n) is 4.75. The van der Waals surface area contributed by atoms with Crippen molar-refractivity contribution < 1.29 is 13.2 Å². The maximum Gasteiger partial charge on any atom is 0.262 e. The van der Waals surface area contributed by atoms with Crippen molar-refractivity contribution in [3.63, 3.8) is 0 Å². The van der Waals surface area contributed by atoms with Gasteiger partial charge in [0.15, 0.2) is 0 Å². The molecule has 0 heterocycles. The predicted molar refractivity (Wildman–Crippen MR) is 84.2 cm³/mol. The lowest BCUT2D eigenvalue weighted by atomic mass is 10.2. The van der Waals surface area contributed by atoms with Crippen molar-refractivity contribution >= 4 is 15.7 Å². The molecule has 4 nitrogen and oxygen atoms in total. The van der Waals surface area contributed by atoms with Gasteiger partial charge in [0, 0.05) is 6.07 Å². The Bertz CT molecular complexity index is 711. The molecule has 0 atom stereocenters. The number of rotatable bonds is 6. The summed E-state index contributed by atoms with van der Waals surface area (Å²) in [6, 6.07) is 13.8. The summed E-state index contributed by atoms with van der Waals surface area (Å²) in [6.07, 6.45) is 0.902. The van der Waals surface area contributed by atoms with E-state index in [-0.39, 0.29) is 4.90 Å². The first-order chi connectivity index (χ1) is 10.0. The van der Waals surface area contributed by atoms with Crippen LogP contribution < -0.4 is 9.46 Å². The van der Waals surface area contributed by atoms with Gasteiger partial charge in [-0.05, 0) is 37.1 Å². The minimum atomic E-state index is -3.59. The summed E-state index contributed by atoms with van der Waals surface area (Å²) in [7, 11) is -3.59. The van der Waals surface area contributed by atoms with E-state index < -0.39 is 10.0 Å². The molecule has 0 saturated carbocycles. The average molecular weight is 305 g/mol. The van der Waals surface area contributed by atoms with Crippen LogP contribution >= 0.6 is 0 Å². The third-order valence-corrected chi connectivity index (χ3v) is 4.48. The molecule has 0 saturated heterocycles. The third-order valence-electron chi connectivity index (χ3n) is 2.94. The van der Waals surface area contributed by atoms with Crippen molar-refractivity contribution in [1.82, 2.24) is 0 Å². The molecule has 0 aliphatic heterocycles. The third kappa shape index (κ3) is 3.98. The zero-order valence-electron chi connectivity index (χ0n) is 12.2. The molecule has 2 aromatic carbocycles. The molecule has 0 radical (unpaired) electrons. The van der Waals surface area contributed by atoms with Crippen molar-refractivity contribution in [2.75, 3.05) is 11.3 Å². The van der Waals surface area contributed by atoms with Crippen LogP contribution in [0.4, 0.5) is 5.69 Å². The number of aryl methyl sites for hydroxylation is 1. The molecule has 0 spiro atoms. The van der Waals surface area contributed by atoms with E-state index in [9.17, 15) is 8.42 Å². The van der Waals surface area contributed by atoms with Crippen molar-refractivity contribution in [2.24, 2.45) is 0 Å². The van der Waals surface area contributed by atoms with Crippen molar-refractivity contribution in [2.45, 2.75) is 25.2 Å². The molecule has 112 valence electrons. The Labute approximate surface area is 125 Å². The van der Waals surface area contributed by atoms with E-state index in [1.807, 2.05) is 13.0 Å². The molecular formula is C16H19NO3S. The molecule has 0 aliphatic carbocycles. The zero-order valence-corrected chi connectivity index (χ0v) is 13.0. The Hall–Kier alpha value is -2.01. The van der Waals surface area contributed by atoms with Gasteiger partial charge in [-0.25, -0.2) is 8.42 Å². The van der Waals surface area contributed by atoms with Crippen LogP contribution in [0.5, 0.6) is 5.75 Å². The number of benzene rings is 2. The normalized spacial score (nSPS) is 11.1. The number of ether oxygens (including phenoxy) is 1. The fourth-order valence-corrected chi connectivity index (χ4v) is 3.23. The number of hydrogen-bond acceptors (Lipinski definition) is 3. The molecule has 0 unspecified atom stereocenters. The Morgan fingerprint density at radius 2 is 1.86 bits per heavy atom. The first kappa shape index (κ1) is 15.4. The minimum absolute atomic E-state index is 0.282. The molecule has 1 N–H and O–H groups in total. The molecule has 0 bridgehead atoms. The maximum atomic E-state index is 12.4. The summed E-state index contributed by atoms with van der Waals surface area (Å²) in [4.78, 5) is 0.282. The van der Waals surface area contributed by atoms with E-state index in [4.69, 9.17) is 4.74 Å². The monoisotopic (exact) mass is 305 g/mol. The SMILES string of the molecule is CCCOc1cccc(NS(=O)(=O)c2ccccc2C)c1. The minimum Gasteiger partial charge on any atom is -0.494 e. The lowest BCUT2D eigenvalue weighted by Gasteiger charge is -2.11. The van der Waals surface area contributed by atoms with Gasteiger partial charge in [0.25, 0.3) is 10.0 Å². The number of anilines is 1. The highest BCUT2D eigenvalue weighted by Gasteiger charge is 2.16. The van der Waals surface area contributed by atoms with Crippen LogP contribution in [-0.4, -0.2) is 15.0 Å². The molecule has 2 rings (SSSR count). The van der Waals surface area contributed by atoms with Gasteiger partial charge in [-0.1, -0.05) is 31.2 Å². The van der Waals surface area contributed by atoms with Gasteiger partial charge < -0.3 is 4.74 Å². The number of sulfonamides is 1. The first-order valence-electron chi connectivity index (χ1n) is 6.84. The van der Waals surface area contributed by atoms with E-state index in [0.717, 1.165) is 6.42 Å². The molecular weight excluding hydrogens is 286 g/mol. The summed E-state index contributed by atoms with van der Waals surface area (Å²) in [5.74, 6) is 0.654. The van der Waals surface area contributed by atoms with Crippen LogP contribution in [0.3, 0.4) is 0 Å². The van der Waals surface area contributed by atoms with Gasteiger partial charge in [0.2, 0.25) is 0 Å². The molecule has 0 aromatic heterocycles. The van der Waals surface area contributed by atoms with Crippen LogP contribution in [0.15, 0.2) is 53.4 Å².